The second-order valence-corrected chi connectivity index (χ2v) is 11.8. The highest BCUT2D eigenvalue weighted by Crippen LogP contribution is 2.35. The van der Waals surface area contributed by atoms with Crippen molar-refractivity contribution in [1.82, 2.24) is 4.90 Å². The van der Waals surface area contributed by atoms with E-state index in [2.05, 4.69) is 17.9 Å². The maximum absolute atomic E-state index is 13.2. The van der Waals surface area contributed by atoms with Gasteiger partial charge < -0.3 is 9.47 Å². The van der Waals surface area contributed by atoms with Crippen LogP contribution in [0.3, 0.4) is 0 Å². The number of hydrogen-bond acceptors (Lipinski definition) is 6. The number of amidine groups is 1. The van der Waals surface area contributed by atoms with Gasteiger partial charge >= 0.3 is 0 Å². The lowest BCUT2D eigenvalue weighted by molar-refractivity contribution is -0.121. The molecule has 0 aromatic heterocycles. The van der Waals surface area contributed by atoms with Crippen LogP contribution in [0.4, 0.5) is 0 Å². The molecule has 0 radical (unpaired) electrons. The number of aryl methyl sites for hydroxylation is 1. The zero-order valence-electron chi connectivity index (χ0n) is 23.0. The van der Waals surface area contributed by atoms with Gasteiger partial charge in [0.05, 0.1) is 23.5 Å². The fraction of sp³-hybridized carbons (Fsp3) is 0.400. The summed E-state index contributed by atoms with van der Waals surface area (Å²) in [7, 11) is -2.42. The number of methoxy groups -OCH3 is 1. The number of amides is 1. The van der Waals surface area contributed by atoms with Gasteiger partial charge in [0, 0.05) is 6.54 Å². The lowest BCUT2D eigenvalue weighted by atomic mass is 10.1. The number of hydrogen-bond donors (Lipinski definition) is 0. The van der Waals surface area contributed by atoms with E-state index in [1.807, 2.05) is 19.1 Å². The third kappa shape index (κ3) is 8.47. The molecule has 1 amide bonds. The molecular formula is C30H38N2O5S2. The van der Waals surface area contributed by atoms with Crippen LogP contribution in [-0.2, 0) is 21.2 Å². The van der Waals surface area contributed by atoms with E-state index in [-0.39, 0.29) is 22.5 Å². The minimum atomic E-state index is -4.00. The van der Waals surface area contributed by atoms with E-state index in [1.165, 1.54) is 42.7 Å². The Bertz CT molecular complexity index is 1300. The number of carbonyl (C=O) groups is 1. The molecule has 210 valence electrons. The summed E-state index contributed by atoms with van der Waals surface area (Å²) in [5.74, 6) is 0.882. The molecule has 1 aliphatic heterocycles. The summed E-state index contributed by atoms with van der Waals surface area (Å²) in [6.45, 7) is 8.66. The predicted octanol–water partition coefficient (Wildman–Crippen LogP) is 6.84. The Morgan fingerprint density at radius 1 is 1.00 bits per heavy atom. The van der Waals surface area contributed by atoms with Crippen LogP contribution < -0.4 is 9.47 Å². The zero-order valence-corrected chi connectivity index (χ0v) is 24.7. The van der Waals surface area contributed by atoms with Crippen molar-refractivity contribution in [2.45, 2.75) is 63.7 Å². The molecule has 1 aliphatic rings. The van der Waals surface area contributed by atoms with Crippen molar-refractivity contribution < 1.29 is 22.7 Å². The molecule has 0 atom stereocenters. The van der Waals surface area contributed by atoms with E-state index in [0.29, 0.717) is 23.0 Å². The van der Waals surface area contributed by atoms with Crippen LogP contribution in [-0.4, -0.2) is 44.7 Å². The van der Waals surface area contributed by atoms with Crippen molar-refractivity contribution in [2.75, 3.05) is 20.3 Å². The minimum Gasteiger partial charge on any atom is -0.493 e. The van der Waals surface area contributed by atoms with Gasteiger partial charge in [0.25, 0.3) is 15.9 Å². The fourth-order valence-electron chi connectivity index (χ4n) is 4.03. The van der Waals surface area contributed by atoms with Crippen molar-refractivity contribution in [2.24, 2.45) is 4.40 Å². The molecule has 0 saturated carbocycles. The molecule has 0 spiro atoms. The Balaban J connectivity index is 1.77. The van der Waals surface area contributed by atoms with Crippen molar-refractivity contribution in [3.05, 3.63) is 71.2 Å². The highest BCUT2D eigenvalue weighted by atomic mass is 32.2. The summed E-state index contributed by atoms with van der Waals surface area (Å²) in [5, 5.41) is 0.0940. The fourth-order valence-corrected chi connectivity index (χ4v) is 6.22. The van der Waals surface area contributed by atoms with Crippen LogP contribution in [0.1, 0.15) is 63.5 Å². The van der Waals surface area contributed by atoms with Crippen molar-refractivity contribution in [3.8, 4) is 11.5 Å². The van der Waals surface area contributed by atoms with Gasteiger partial charge in [-0.1, -0.05) is 70.2 Å². The average Bonchev–Trinajstić information content (AvgIpc) is 3.21. The standard InChI is InChI=1S/C30H38N2O5S2/c1-5-8-9-10-11-12-20-37-26-18-15-24(21-27(26)36-4)22-28-29(33)32(19-6-2)30(38-28)31-39(34,35)25-16-13-23(7-3)14-17-25/h6,13-18,21-22H,2,5,7-12,19-20H2,1,3-4H3/b28-22-,31-30+. The van der Waals surface area contributed by atoms with Crippen LogP contribution in [0.25, 0.3) is 6.08 Å². The van der Waals surface area contributed by atoms with Crippen molar-refractivity contribution in [3.63, 3.8) is 0 Å². The summed E-state index contributed by atoms with van der Waals surface area (Å²) < 4.78 is 41.5. The average molecular weight is 571 g/mol. The molecule has 0 N–H and O–H groups in total. The van der Waals surface area contributed by atoms with Crippen LogP contribution in [0.2, 0.25) is 0 Å². The first kappa shape index (κ1) is 30.5. The molecule has 1 fully saturated rings. The third-order valence-electron chi connectivity index (χ3n) is 6.27. The number of sulfonamides is 1. The summed E-state index contributed by atoms with van der Waals surface area (Å²) in [6, 6.07) is 12.1. The van der Waals surface area contributed by atoms with E-state index >= 15 is 0 Å². The number of rotatable bonds is 15. The summed E-state index contributed by atoms with van der Waals surface area (Å²) in [4.78, 5) is 14.9. The second-order valence-electron chi connectivity index (χ2n) is 9.19. The first-order valence-electron chi connectivity index (χ1n) is 13.4. The Morgan fingerprint density at radius 3 is 2.38 bits per heavy atom. The smallest absolute Gasteiger partial charge is 0.284 e. The molecule has 0 aliphatic carbocycles. The maximum Gasteiger partial charge on any atom is 0.284 e. The van der Waals surface area contributed by atoms with Crippen molar-refractivity contribution >= 4 is 38.9 Å². The van der Waals surface area contributed by atoms with Gasteiger partial charge in [0.2, 0.25) is 0 Å². The molecule has 0 unspecified atom stereocenters. The molecule has 1 saturated heterocycles. The Labute approximate surface area is 237 Å². The SMILES string of the molecule is C=CCN1C(=O)/C(=C/c2ccc(OCCCCCCCC)c(OC)c2)S/C1=N/S(=O)(=O)c1ccc(CC)cc1. The monoisotopic (exact) mass is 570 g/mol. The van der Waals surface area contributed by atoms with E-state index in [4.69, 9.17) is 9.47 Å². The van der Waals surface area contributed by atoms with Crippen molar-refractivity contribution in [1.29, 1.82) is 0 Å². The number of nitrogens with zero attached hydrogens (tertiary/aromatic N) is 2. The molecule has 0 bridgehead atoms. The van der Waals surface area contributed by atoms with Gasteiger partial charge in [0.1, 0.15) is 0 Å². The van der Waals surface area contributed by atoms with E-state index in [0.717, 1.165) is 42.2 Å². The zero-order chi connectivity index (χ0) is 28.3. The normalized spacial score (nSPS) is 15.8. The van der Waals surface area contributed by atoms with Crippen LogP contribution in [0.5, 0.6) is 11.5 Å². The third-order valence-corrected chi connectivity index (χ3v) is 8.67. The van der Waals surface area contributed by atoms with Crippen LogP contribution in [0.15, 0.2) is 69.3 Å². The number of unbranched alkanes of at least 4 members (excludes halogenated alkanes) is 5. The van der Waals surface area contributed by atoms with Gasteiger partial charge in [-0.2, -0.15) is 8.42 Å². The Kier molecular flexibility index (Phi) is 11.7. The number of thioether (sulfide) groups is 1. The van der Waals surface area contributed by atoms with Gasteiger partial charge in [0.15, 0.2) is 16.7 Å². The van der Waals surface area contributed by atoms with Gasteiger partial charge in [-0.25, -0.2) is 0 Å². The summed E-state index contributed by atoms with van der Waals surface area (Å²) >= 11 is 1.02. The predicted molar refractivity (Wildman–Crippen MR) is 160 cm³/mol. The summed E-state index contributed by atoms with van der Waals surface area (Å²) in [5.41, 5.74) is 1.76. The maximum atomic E-state index is 13.2. The first-order chi connectivity index (χ1) is 18.8. The van der Waals surface area contributed by atoms with Gasteiger partial charge in [-0.3, -0.25) is 9.69 Å². The number of benzene rings is 2. The minimum absolute atomic E-state index is 0.0810. The molecule has 7 nitrogen and oxygen atoms in total. The molecule has 9 heteroatoms. The molecular weight excluding hydrogens is 532 g/mol. The lowest BCUT2D eigenvalue weighted by Gasteiger charge is -2.12. The largest absolute Gasteiger partial charge is 0.493 e. The van der Waals surface area contributed by atoms with Crippen LogP contribution >= 0.6 is 11.8 Å². The van der Waals surface area contributed by atoms with Gasteiger partial charge in [-0.15, -0.1) is 11.0 Å². The lowest BCUT2D eigenvalue weighted by Crippen LogP contribution is -2.29. The van der Waals surface area contributed by atoms with E-state index < -0.39 is 10.0 Å². The van der Waals surface area contributed by atoms with Crippen LogP contribution in [0, 0.1) is 0 Å². The number of ether oxygens (including phenoxy) is 2. The second kappa shape index (κ2) is 14.9. The quantitative estimate of drug-likeness (QED) is 0.132. The first-order valence-corrected chi connectivity index (χ1v) is 15.7. The van der Waals surface area contributed by atoms with E-state index in [1.54, 1.807) is 37.5 Å². The van der Waals surface area contributed by atoms with Gasteiger partial charge in [-0.05, 0) is 66.1 Å². The number of carbonyl (C=O) groups excluding carboxylic acids is 1. The highest BCUT2D eigenvalue weighted by Gasteiger charge is 2.34. The van der Waals surface area contributed by atoms with E-state index in [9.17, 15) is 13.2 Å². The molecule has 2 aromatic rings. The molecule has 1 heterocycles. The Morgan fingerprint density at radius 2 is 1.72 bits per heavy atom. The Hall–Kier alpha value is -3.04. The summed E-state index contributed by atoms with van der Waals surface area (Å²) in [6.07, 6.45) is 11.1. The highest BCUT2D eigenvalue weighted by molar-refractivity contribution is 8.19. The molecule has 2 aromatic carbocycles. The topological polar surface area (TPSA) is 85.3 Å². The molecule has 3 rings (SSSR count). The molecule has 39 heavy (non-hydrogen) atoms.